The second kappa shape index (κ2) is 6.40. The van der Waals surface area contributed by atoms with Gasteiger partial charge in [0, 0.05) is 12.6 Å². The van der Waals surface area contributed by atoms with Gasteiger partial charge in [-0.25, -0.2) is 13.4 Å². The maximum absolute atomic E-state index is 12.3. The average Bonchev–Trinajstić information content (AvgIpc) is 2.26. The minimum absolute atomic E-state index is 0.00236. The van der Waals surface area contributed by atoms with Crippen LogP contribution in [0.2, 0.25) is 0 Å². The van der Waals surface area contributed by atoms with Crippen molar-refractivity contribution in [3.63, 3.8) is 0 Å². The van der Waals surface area contributed by atoms with Gasteiger partial charge in [0.1, 0.15) is 5.69 Å². The Balaban J connectivity index is 2.64. The van der Waals surface area contributed by atoms with Crippen molar-refractivity contribution >= 4 is 15.7 Å². The smallest absolute Gasteiger partial charge is 0.313 e. The SMILES string of the molecule is CC(C)NCCS(=O)(=O)Nc1ccc(C(F)(F)F)nc1. The molecular weight excluding hydrogens is 295 g/mol. The third-order valence-corrected chi connectivity index (χ3v) is 3.54. The van der Waals surface area contributed by atoms with Crippen LogP contribution in [-0.2, 0) is 16.2 Å². The zero-order valence-corrected chi connectivity index (χ0v) is 11.8. The summed E-state index contributed by atoms with van der Waals surface area (Å²) in [5, 5.41) is 2.93. The molecule has 1 aromatic rings. The molecule has 5 nitrogen and oxygen atoms in total. The number of nitrogens with zero attached hydrogens (tertiary/aromatic N) is 1. The van der Waals surface area contributed by atoms with Gasteiger partial charge in [-0.05, 0) is 12.1 Å². The summed E-state index contributed by atoms with van der Waals surface area (Å²) >= 11 is 0. The Hall–Kier alpha value is -1.35. The van der Waals surface area contributed by atoms with Gasteiger partial charge in [-0.1, -0.05) is 13.8 Å². The maximum atomic E-state index is 12.3. The van der Waals surface area contributed by atoms with Crippen LogP contribution in [0.15, 0.2) is 18.3 Å². The zero-order valence-electron chi connectivity index (χ0n) is 11.0. The predicted octanol–water partition coefficient (Wildman–Crippen LogP) is 1.84. The normalized spacial score (nSPS) is 12.7. The van der Waals surface area contributed by atoms with Crippen LogP contribution >= 0.6 is 0 Å². The third-order valence-electron chi connectivity index (χ3n) is 2.25. The van der Waals surface area contributed by atoms with Crippen LogP contribution < -0.4 is 10.0 Å². The van der Waals surface area contributed by atoms with Crippen molar-refractivity contribution < 1.29 is 21.6 Å². The molecular formula is C11H16F3N3O2S. The first-order valence-corrected chi connectivity index (χ1v) is 7.52. The van der Waals surface area contributed by atoms with Gasteiger partial charge in [0.2, 0.25) is 10.0 Å². The van der Waals surface area contributed by atoms with E-state index in [1.807, 2.05) is 13.8 Å². The summed E-state index contributed by atoms with van der Waals surface area (Å²) in [6.45, 7) is 4.00. The molecule has 1 heterocycles. The molecule has 0 aromatic carbocycles. The number of pyridine rings is 1. The van der Waals surface area contributed by atoms with E-state index in [1.165, 1.54) is 0 Å². The molecule has 0 amide bonds. The monoisotopic (exact) mass is 311 g/mol. The van der Waals surface area contributed by atoms with Gasteiger partial charge in [-0.2, -0.15) is 13.2 Å². The van der Waals surface area contributed by atoms with Crippen LogP contribution in [0.4, 0.5) is 18.9 Å². The summed E-state index contributed by atoms with van der Waals surface area (Å²) in [5.74, 6) is -0.174. The molecule has 1 rings (SSSR count). The van der Waals surface area contributed by atoms with E-state index < -0.39 is 21.9 Å². The first-order chi connectivity index (χ1) is 9.10. The van der Waals surface area contributed by atoms with Crippen LogP contribution in [0.5, 0.6) is 0 Å². The molecule has 0 unspecified atom stereocenters. The quantitative estimate of drug-likeness (QED) is 0.841. The van der Waals surface area contributed by atoms with Gasteiger partial charge >= 0.3 is 6.18 Å². The van der Waals surface area contributed by atoms with E-state index in [4.69, 9.17) is 0 Å². The van der Waals surface area contributed by atoms with Crippen molar-refractivity contribution in [2.24, 2.45) is 0 Å². The molecule has 0 aliphatic carbocycles. The fourth-order valence-corrected chi connectivity index (χ4v) is 2.30. The Morgan fingerprint density at radius 2 is 1.95 bits per heavy atom. The summed E-state index contributed by atoms with van der Waals surface area (Å²) in [5.41, 5.74) is -1.07. The van der Waals surface area contributed by atoms with Crippen LogP contribution in [0.25, 0.3) is 0 Å². The predicted molar refractivity (Wildman–Crippen MR) is 69.8 cm³/mol. The summed E-state index contributed by atoms with van der Waals surface area (Å²) < 4.78 is 62.4. The lowest BCUT2D eigenvalue weighted by Crippen LogP contribution is -2.31. The van der Waals surface area contributed by atoms with E-state index in [2.05, 4.69) is 15.0 Å². The highest BCUT2D eigenvalue weighted by Crippen LogP contribution is 2.27. The van der Waals surface area contributed by atoms with Crippen molar-refractivity contribution in [3.05, 3.63) is 24.0 Å². The minimum Gasteiger partial charge on any atom is -0.313 e. The van der Waals surface area contributed by atoms with Crippen LogP contribution in [0, 0.1) is 0 Å². The first kappa shape index (κ1) is 16.7. The number of hydrogen-bond donors (Lipinski definition) is 2. The summed E-state index contributed by atoms with van der Waals surface area (Å²) in [6.07, 6.45) is -3.70. The second-order valence-electron chi connectivity index (χ2n) is 4.46. The molecule has 9 heteroatoms. The number of nitrogens with one attached hydrogen (secondary N) is 2. The molecule has 0 atom stereocenters. The standard InChI is InChI=1S/C11H16F3N3O2S/c1-8(2)15-5-6-20(18,19)17-9-3-4-10(16-7-9)11(12,13)14/h3-4,7-8,15,17H,5-6H2,1-2H3. The Labute approximate surface area is 115 Å². The number of aromatic nitrogens is 1. The van der Waals surface area contributed by atoms with Crippen LogP contribution in [-0.4, -0.2) is 31.7 Å². The molecule has 0 radical (unpaired) electrons. The fraction of sp³-hybridized carbons (Fsp3) is 0.545. The molecule has 0 aliphatic heterocycles. The summed E-state index contributed by atoms with van der Waals surface area (Å²) in [7, 11) is -3.61. The van der Waals surface area contributed by atoms with Gasteiger partial charge in [0.15, 0.2) is 0 Å². The molecule has 1 aromatic heterocycles. The van der Waals surface area contributed by atoms with Gasteiger partial charge in [0.25, 0.3) is 0 Å². The Bertz CT molecular complexity index is 527. The molecule has 20 heavy (non-hydrogen) atoms. The largest absolute Gasteiger partial charge is 0.433 e. The fourth-order valence-electron chi connectivity index (χ4n) is 1.33. The third kappa shape index (κ3) is 5.74. The molecule has 0 spiro atoms. The highest BCUT2D eigenvalue weighted by molar-refractivity contribution is 7.92. The number of hydrogen-bond acceptors (Lipinski definition) is 4. The second-order valence-corrected chi connectivity index (χ2v) is 6.30. The number of alkyl halides is 3. The average molecular weight is 311 g/mol. The van der Waals surface area contributed by atoms with Crippen molar-refractivity contribution in [2.45, 2.75) is 26.1 Å². The highest BCUT2D eigenvalue weighted by Gasteiger charge is 2.32. The molecule has 0 saturated carbocycles. The Morgan fingerprint density at radius 3 is 2.40 bits per heavy atom. The molecule has 0 bridgehead atoms. The maximum Gasteiger partial charge on any atom is 0.433 e. The van der Waals surface area contributed by atoms with Gasteiger partial charge in [-0.15, -0.1) is 0 Å². The highest BCUT2D eigenvalue weighted by atomic mass is 32.2. The minimum atomic E-state index is -4.54. The summed E-state index contributed by atoms with van der Waals surface area (Å²) in [6, 6.07) is 1.91. The van der Waals surface area contributed by atoms with E-state index in [0.29, 0.717) is 0 Å². The summed E-state index contributed by atoms with van der Waals surface area (Å²) in [4.78, 5) is 3.18. The van der Waals surface area contributed by atoms with E-state index in [0.717, 1.165) is 18.3 Å². The van der Waals surface area contributed by atoms with Crippen LogP contribution in [0.3, 0.4) is 0 Å². The van der Waals surface area contributed by atoms with Crippen LogP contribution in [0.1, 0.15) is 19.5 Å². The Kier molecular flexibility index (Phi) is 5.35. The zero-order chi connectivity index (χ0) is 15.4. The van der Waals surface area contributed by atoms with Crippen molar-refractivity contribution in [1.82, 2.24) is 10.3 Å². The molecule has 0 aliphatic rings. The topological polar surface area (TPSA) is 71.1 Å². The van der Waals surface area contributed by atoms with E-state index in [-0.39, 0.29) is 24.0 Å². The first-order valence-electron chi connectivity index (χ1n) is 5.87. The van der Waals surface area contributed by atoms with Crippen molar-refractivity contribution in [1.29, 1.82) is 0 Å². The van der Waals surface area contributed by atoms with E-state index in [1.54, 1.807) is 0 Å². The molecule has 0 fully saturated rings. The van der Waals surface area contributed by atoms with Crippen molar-refractivity contribution in [3.8, 4) is 0 Å². The number of sulfonamides is 1. The lowest BCUT2D eigenvalue weighted by Gasteiger charge is -2.11. The van der Waals surface area contributed by atoms with Gasteiger partial charge in [0.05, 0.1) is 17.6 Å². The number of anilines is 1. The van der Waals surface area contributed by atoms with Gasteiger partial charge in [-0.3, -0.25) is 4.72 Å². The van der Waals surface area contributed by atoms with Gasteiger partial charge < -0.3 is 5.32 Å². The number of rotatable bonds is 6. The molecule has 0 saturated heterocycles. The van der Waals surface area contributed by atoms with E-state index >= 15 is 0 Å². The molecule has 2 N–H and O–H groups in total. The van der Waals surface area contributed by atoms with Crippen molar-refractivity contribution in [2.75, 3.05) is 17.0 Å². The number of halogens is 3. The molecule has 114 valence electrons. The Morgan fingerprint density at radius 1 is 1.30 bits per heavy atom. The van der Waals surface area contributed by atoms with E-state index in [9.17, 15) is 21.6 Å². The lowest BCUT2D eigenvalue weighted by atomic mass is 10.3. The lowest BCUT2D eigenvalue weighted by molar-refractivity contribution is -0.141.